The van der Waals surface area contributed by atoms with Crippen LogP contribution in [0.5, 0.6) is 0 Å². The Labute approximate surface area is 127 Å². The number of anilines is 2. The predicted molar refractivity (Wildman–Crippen MR) is 83.6 cm³/mol. The van der Waals surface area contributed by atoms with Gasteiger partial charge in [-0.25, -0.2) is 9.37 Å². The van der Waals surface area contributed by atoms with Crippen LogP contribution < -0.4 is 10.2 Å². The Morgan fingerprint density at radius 1 is 1.27 bits per heavy atom. The first kappa shape index (κ1) is 15.7. The number of benzene rings is 1. The van der Waals surface area contributed by atoms with Crippen LogP contribution in [0.2, 0.25) is 0 Å². The molecule has 0 atom stereocenters. The minimum absolute atomic E-state index is 0.0308. The summed E-state index contributed by atoms with van der Waals surface area (Å²) in [6.07, 6.45) is 0. The monoisotopic (exact) mass is 304 g/mol. The molecule has 1 aromatic carbocycles. The number of nitro groups is 1. The largest absolute Gasteiger partial charge is 0.366 e. The molecule has 0 unspecified atom stereocenters. The maximum Gasteiger partial charge on any atom is 0.311 e. The SMILES string of the molecule is CCN(C)c1nc(NCc2ccc(F)cc2)ccc1[N+](=O)[O-]. The van der Waals surface area contributed by atoms with Crippen LogP contribution in [0.15, 0.2) is 36.4 Å². The van der Waals surface area contributed by atoms with E-state index < -0.39 is 4.92 Å². The summed E-state index contributed by atoms with van der Waals surface area (Å²) in [5, 5.41) is 14.1. The molecule has 0 bridgehead atoms. The topological polar surface area (TPSA) is 71.3 Å². The number of aromatic nitrogens is 1. The van der Waals surface area contributed by atoms with Crippen molar-refractivity contribution in [1.82, 2.24) is 4.98 Å². The summed E-state index contributed by atoms with van der Waals surface area (Å²) in [5.74, 6) is 0.561. The summed E-state index contributed by atoms with van der Waals surface area (Å²) in [5.41, 5.74) is 0.864. The molecule has 0 aliphatic heterocycles. The van der Waals surface area contributed by atoms with Crippen molar-refractivity contribution in [3.8, 4) is 0 Å². The number of hydrogen-bond acceptors (Lipinski definition) is 5. The minimum atomic E-state index is -0.446. The van der Waals surface area contributed by atoms with Gasteiger partial charge in [0.1, 0.15) is 11.6 Å². The maximum atomic E-state index is 12.8. The zero-order valence-electron chi connectivity index (χ0n) is 12.4. The highest BCUT2D eigenvalue weighted by atomic mass is 19.1. The average Bonchev–Trinajstić information content (AvgIpc) is 2.53. The Hall–Kier alpha value is -2.70. The molecule has 0 aliphatic carbocycles. The summed E-state index contributed by atoms with van der Waals surface area (Å²) < 4.78 is 12.8. The lowest BCUT2D eigenvalue weighted by atomic mass is 10.2. The van der Waals surface area contributed by atoms with Crippen molar-refractivity contribution in [3.63, 3.8) is 0 Å². The lowest BCUT2D eigenvalue weighted by molar-refractivity contribution is -0.384. The molecule has 0 aliphatic rings. The molecule has 1 heterocycles. The highest BCUT2D eigenvalue weighted by Crippen LogP contribution is 2.26. The lowest BCUT2D eigenvalue weighted by Crippen LogP contribution is -2.19. The summed E-state index contributed by atoms with van der Waals surface area (Å²) in [6, 6.07) is 9.11. The summed E-state index contributed by atoms with van der Waals surface area (Å²) in [4.78, 5) is 16.6. The van der Waals surface area contributed by atoms with E-state index in [4.69, 9.17) is 0 Å². The first-order valence-electron chi connectivity index (χ1n) is 6.86. The van der Waals surface area contributed by atoms with Crippen molar-refractivity contribution in [2.75, 3.05) is 23.8 Å². The van der Waals surface area contributed by atoms with Gasteiger partial charge in [0.05, 0.1) is 4.92 Å². The summed E-state index contributed by atoms with van der Waals surface area (Å²) in [6.45, 7) is 2.96. The van der Waals surface area contributed by atoms with Crippen LogP contribution in [-0.4, -0.2) is 23.5 Å². The molecule has 1 N–H and O–H groups in total. The average molecular weight is 304 g/mol. The van der Waals surface area contributed by atoms with Gasteiger partial charge in [-0.05, 0) is 30.7 Å². The van der Waals surface area contributed by atoms with Crippen molar-refractivity contribution < 1.29 is 9.31 Å². The fourth-order valence-electron chi connectivity index (χ4n) is 1.91. The number of nitrogens with zero attached hydrogens (tertiary/aromatic N) is 3. The molecule has 1 aromatic heterocycles. The smallest absolute Gasteiger partial charge is 0.311 e. The number of nitrogens with one attached hydrogen (secondary N) is 1. The van der Waals surface area contributed by atoms with E-state index in [2.05, 4.69) is 10.3 Å². The molecule has 0 amide bonds. The Kier molecular flexibility index (Phi) is 4.88. The zero-order chi connectivity index (χ0) is 16.1. The Morgan fingerprint density at radius 2 is 1.95 bits per heavy atom. The van der Waals surface area contributed by atoms with Crippen molar-refractivity contribution in [1.29, 1.82) is 0 Å². The van der Waals surface area contributed by atoms with Gasteiger partial charge in [0.2, 0.25) is 5.82 Å². The zero-order valence-corrected chi connectivity index (χ0v) is 12.4. The van der Waals surface area contributed by atoms with Crippen molar-refractivity contribution >= 4 is 17.3 Å². The second-order valence-electron chi connectivity index (χ2n) is 4.79. The van der Waals surface area contributed by atoms with E-state index in [0.717, 1.165) is 5.56 Å². The van der Waals surface area contributed by atoms with Crippen LogP contribution in [0, 0.1) is 15.9 Å². The van der Waals surface area contributed by atoms with Gasteiger partial charge in [0.15, 0.2) is 0 Å². The van der Waals surface area contributed by atoms with Crippen LogP contribution in [0.3, 0.4) is 0 Å². The van der Waals surface area contributed by atoms with Crippen molar-refractivity contribution in [3.05, 3.63) is 57.9 Å². The van der Waals surface area contributed by atoms with Crippen LogP contribution in [0.4, 0.5) is 21.7 Å². The minimum Gasteiger partial charge on any atom is -0.366 e. The Balaban J connectivity index is 2.17. The number of rotatable bonds is 6. The lowest BCUT2D eigenvalue weighted by Gasteiger charge is -2.16. The normalized spacial score (nSPS) is 10.3. The van der Waals surface area contributed by atoms with Crippen LogP contribution in [0.1, 0.15) is 12.5 Å². The van der Waals surface area contributed by atoms with Gasteiger partial charge in [-0.3, -0.25) is 10.1 Å². The first-order valence-corrected chi connectivity index (χ1v) is 6.86. The fourth-order valence-corrected chi connectivity index (χ4v) is 1.91. The predicted octanol–water partition coefficient (Wildman–Crippen LogP) is 3.20. The third kappa shape index (κ3) is 3.69. The molecule has 2 rings (SSSR count). The van der Waals surface area contributed by atoms with E-state index in [1.54, 1.807) is 30.1 Å². The van der Waals surface area contributed by atoms with Crippen LogP contribution >= 0.6 is 0 Å². The van der Waals surface area contributed by atoms with Crippen molar-refractivity contribution in [2.24, 2.45) is 0 Å². The highest BCUT2D eigenvalue weighted by Gasteiger charge is 2.18. The summed E-state index contributed by atoms with van der Waals surface area (Å²) in [7, 11) is 1.75. The van der Waals surface area contributed by atoms with Crippen LogP contribution in [0.25, 0.3) is 0 Å². The molecule has 2 aromatic rings. The molecule has 0 saturated heterocycles. The maximum absolute atomic E-state index is 12.8. The van der Waals surface area contributed by atoms with Crippen LogP contribution in [-0.2, 0) is 6.54 Å². The van der Waals surface area contributed by atoms with Gasteiger partial charge in [-0.2, -0.15) is 0 Å². The van der Waals surface area contributed by atoms with E-state index in [-0.39, 0.29) is 11.5 Å². The van der Waals surface area contributed by atoms with Gasteiger partial charge in [-0.1, -0.05) is 12.1 Å². The van der Waals surface area contributed by atoms with Gasteiger partial charge < -0.3 is 10.2 Å². The Bertz CT molecular complexity index is 661. The summed E-state index contributed by atoms with van der Waals surface area (Å²) >= 11 is 0. The van der Waals surface area contributed by atoms with E-state index in [1.165, 1.54) is 18.2 Å². The number of hydrogen-bond donors (Lipinski definition) is 1. The van der Waals surface area contributed by atoms with E-state index in [1.807, 2.05) is 6.92 Å². The first-order chi connectivity index (χ1) is 10.5. The third-order valence-electron chi connectivity index (χ3n) is 3.27. The second-order valence-corrected chi connectivity index (χ2v) is 4.79. The molecule has 0 fully saturated rings. The number of halogens is 1. The fraction of sp³-hybridized carbons (Fsp3) is 0.267. The van der Waals surface area contributed by atoms with Gasteiger partial charge in [0.25, 0.3) is 0 Å². The standard InChI is InChI=1S/C15H17FN4O2/c1-3-19(2)15-13(20(21)22)8-9-14(18-15)17-10-11-4-6-12(16)7-5-11/h4-9H,3,10H2,1-2H3,(H,17,18). The molecular formula is C15H17FN4O2. The molecule has 0 saturated carbocycles. The number of pyridine rings is 1. The van der Waals surface area contributed by atoms with E-state index in [9.17, 15) is 14.5 Å². The second kappa shape index (κ2) is 6.84. The van der Waals surface area contributed by atoms with Crippen molar-refractivity contribution in [2.45, 2.75) is 13.5 Å². The van der Waals surface area contributed by atoms with Gasteiger partial charge in [-0.15, -0.1) is 0 Å². The molecule has 116 valence electrons. The molecule has 0 spiro atoms. The van der Waals surface area contributed by atoms with E-state index in [0.29, 0.717) is 24.7 Å². The molecule has 6 nitrogen and oxygen atoms in total. The third-order valence-corrected chi connectivity index (χ3v) is 3.27. The highest BCUT2D eigenvalue weighted by molar-refractivity contribution is 5.61. The quantitative estimate of drug-likeness (QED) is 0.655. The molecule has 7 heteroatoms. The van der Waals surface area contributed by atoms with Gasteiger partial charge >= 0.3 is 5.69 Å². The molecular weight excluding hydrogens is 287 g/mol. The van der Waals surface area contributed by atoms with E-state index >= 15 is 0 Å². The Morgan fingerprint density at radius 3 is 2.55 bits per heavy atom. The molecule has 22 heavy (non-hydrogen) atoms. The molecule has 0 radical (unpaired) electrons. The van der Waals surface area contributed by atoms with Gasteiger partial charge in [0, 0.05) is 26.2 Å².